The number of aliphatic hydroxyl groups is 1. The van der Waals surface area contributed by atoms with Crippen LogP contribution in [0.1, 0.15) is 6.42 Å². The van der Waals surface area contributed by atoms with Crippen LogP contribution in [0.15, 0.2) is 0 Å². The number of rotatable bonds is 1. The van der Waals surface area contributed by atoms with Crippen molar-refractivity contribution in [1.29, 1.82) is 0 Å². The SMILES string of the molecule is C[N+]1(C)CC[C@@H](O)[C@H]1C(=O)[O-]. The molecule has 4 nitrogen and oxygen atoms in total. The molecular formula is C7H13NO3. The van der Waals surface area contributed by atoms with Crippen LogP contribution in [-0.2, 0) is 4.79 Å². The van der Waals surface area contributed by atoms with Crippen molar-refractivity contribution in [3.63, 3.8) is 0 Å². The Kier molecular flexibility index (Phi) is 1.90. The molecule has 0 aromatic rings. The van der Waals surface area contributed by atoms with Crippen LogP contribution >= 0.6 is 0 Å². The minimum atomic E-state index is -1.15. The van der Waals surface area contributed by atoms with Gasteiger partial charge in [0.25, 0.3) is 0 Å². The Morgan fingerprint density at radius 3 is 2.36 bits per heavy atom. The number of aliphatic hydroxyl groups excluding tert-OH is 1. The summed E-state index contributed by atoms with van der Waals surface area (Å²) in [7, 11) is 3.58. The average Bonchev–Trinajstić information content (AvgIpc) is 2.06. The molecule has 0 spiro atoms. The molecule has 0 aromatic heterocycles. The summed E-state index contributed by atoms with van der Waals surface area (Å²) in [5.74, 6) is -1.15. The maximum absolute atomic E-state index is 10.5. The lowest BCUT2D eigenvalue weighted by molar-refractivity contribution is -0.897. The Balaban J connectivity index is 2.80. The molecule has 1 aliphatic rings. The molecule has 0 unspecified atom stereocenters. The van der Waals surface area contributed by atoms with Gasteiger partial charge in [0.05, 0.1) is 20.6 Å². The van der Waals surface area contributed by atoms with Crippen molar-refractivity contribution in [3.8, 4) is 0 Å². The van der Waals surface area contributed by atoms with Gasteiger partial charge in [0.1, 0.15) is 12.1 Å². The molecule has 2 atom stereocenters. The fraction of sp³-hybridized carbons (Fsp3) is 0.857. The largest absolute Gasteiger partial charge is 0.544 e. The van der Waals surface area contributed by atoms with E-state index in [9.17, 15) is 15.0 Å². The minimum absolute atomic E-state index is 0.323. The van der Waals surface area contributed by atoms with Crippen molar-refractivity contribution in [2.75, 3.05) is 20.6 Å². The molecule has 1 saturated heterocycles. The molecule has 1 aliphatic heterocycles. The number of carboxylic acids is 1. The lowest BCUT2D eigenvalue weighted by atomic mass is 10.1. The van der Waals surface area contributed by atoms with E-state index in [0.29, 0.717) is 17.4 Å². The number of nitrogens with zero attached hydrogens (tertiary/aromatic N) is 1. The summed E-state index contributed by atoms with van der Waals surface area (Å²) < 4.78 is 0.323. The number of hydrogen-bond donors (Lipinski definition) is 1. The van der Waals surface area contributed by atoms with Crippen molar-refractivity contribution in [2.24, 2.45) is 0 Å². The molecule has 0 aliphatic carbocycles. The summed E-state index contributed by atoms with van der Waals surface area (Å²) in [5.41, 5.74) is 0. The van der Waals surface area contributed by atoms with E-state index in [4.69, 9.17) is 0 Å². The van der Waals surface area contributed by atoms with Gasteiger partial charge in [-0.15, -0.1) is 0 Å². The van der Waals surface area contributed by atoms with Crippen LogP contribution in [0.4, 0.5) is 0 Å². The fourth-order valence-corrected chi connectivity index (χ4v) is 1.67. The average molecular weight is 159 g/mol. The maximum Gasteiger partial charge on any atom is 0.155 e. The van der Waals surface area contributed by atoms with Gasteiger partial charge in [-0.25, -0.2) is 0 Å². The smallest absolute Gasteiger partial charge is 0.155 e. The van der Waals surface area contributed by atoms with Gasteiger partial charge >= 0.3 is 0 Å². The molecule has 4 heteroatoms. The lowest BCUT2D eigenvalue weighted by Crippen LogP contribution is -2.56. The number of carbonyl (C=O) groups is 1. The van der Waals surface area contributed by atoms with Gasteiger partial charge in [-0.2, -0.15) is 0 Å². The predicted octanol–water partition coefficient (Wildman–Crippen LogP) is -2.05. The van der Waals surface area contributed by atoms with E-state index in [1.165, 1.54) is 0 Å². The summed E-state index contributed by atoms with van der Waals surface area (Å²) in [6.07, 6.45) is -0.193. The molecule has 1 N–H and O–H groups in total. The minimum Gasteiger partial charge on any atom is -0.544 e. The van der Waals surface area contributed by atoms with Crippen LogP contribution in [0.5, 0.6) is 0 Å². The molecule has 1 fully saturated rings. The molecular weight excluding hydrogens is 146 g/mol. The summed E-state index contributed by atoms with van der Waals surface area (Å²) in [6.45, 7) is 0.694. The highest BCUT2D eigenvalue weighted by Crippen LogP contribution is 2.21. The first-order valence-corrected chi connectivity index (χ1v) is 3.67. The number of carbonyl (C=O) groups excluding carboxylic acids is 1. The topological polar surface area (TPSA) is 60.4 Å². The number of hydrogen-bond acceptors (Lipinski definition) is 3. The van der Waals surface area contributed by atoms with Gasteiger partial charge in [0.2, 0.25) is 0 Å². The zero-order valence-electron chi connectivity index (χ0n) is 6.78. The monoisotopic (exact) mass is 159 g/mol. The second kappa shape index (κ2) is 2.46. The highest BCUT2D eigenvalue weighted by molar-refractivity contribution is 5.70. The van der Waals surface area contributed by atoms with Crippen LogP contribution in [0.25, 0.3) is 0 Å². The van der Waals surface area contributed by atoms with E-state index >= 15 is 0 Å². The first-order chi connectivity index (χ1) is 4.95. The van der Waals surface area contributed by atoms with Gasteiger partial charge in [-0.1, -0.05) is 0 Å². The van der Waals surface area contributed by atoms with Crippen molar-refractivity contribution >= 4 is 5.97 Å². The van der Waals surface area contributed by atoms with Gasteiger partial charge in [0.15, 0.2) is 6.04 Å². The van der Waals surface area contributed by atoms with E-state index < -0.39 is 18.1 Å². The maximum atomic E-state index is 10.5. The Morgan fingerprint density at radius 1 is 1.64 bits per heavy atom. The van der Waals surface area contributed by atoms with E-state index in [0.717, 1.165) is 0 Å². The highest BCUT2D eigenvalue weighted by atomic mass is 16.4. The van der Waals surface area contributed by atoms with Gasteiger partial charge < -0.3 is 19.5 Å². The number of aliphatic carboxylic acids is 1. The Hall–Kier alpha value is -0.610. The van der Waals surface area contributed by atoms with E-state index in [1.54, 1.807) is 14.1 Å². The van der Waals surface area contributed by atoms with Gasteiger partial charge in [-0.3, -0.25) is 0 Å². The van der Waals surface area contributed by atoms with Crippen LogP contribution in [0, 0.1) is 0 Å². The van der Waals surface area contributed by atoms with Crippen LogP contribution in [0.2, 0.25) is 0 Å². The fourth-order valence-electron chi connectivity index (χ4n) is 1.67. The zero-order chi connectivity index (χ0) is 8.65. The summed E-state index contributed by atoms with van der Waals surface area (Å²) in [5, 5.41) is 19.8. The summed E-state index contributed by atoms with van der Waals surface area (Å²) in [6, 6.07) is -0.755. The normalized spacial score (nSPS) is 35.5. The lowest BCUT2D eigenvalue weighted by Gasteiger charge is -2.32. The van der Waals surface area contributed by atoms with Crippen LogP contribution in [0.3, 0.4) is 0 Å². The molecule has 11 heavy (non-hydrogen) atoms. The third-order valence-corrected chi connectivity index (χ3v) is 2.36. The van der Waals surface area contributed by atoms with Gasteiger partial charge in [-0.05, 0) is 0 Å². The Bertz CT molecular complexity index is 179. The predicted molar refractivity (Wildman–Crippen MR) is 36.4 cm³/mol. The van der Waals surface area contributed by atoms with Crippen molar-refractivity contribution in [1.82, 2.24) is 0 Å². The molecule has 1 rings (SSSR count). The Morgan fingerprint density at radius 2 is 2.18 bits per heavy atom. The second-order valence-corrected chi connectivity index (χ2v) is 3.62. The molecule has 0 saturated carbocycles. The number of carboxylic acid groups (broad SMARTS) is 1. The third-order valence-electron chi connectivity index (χ3n) is 2.36. The molecule has 0 radical (unpaired) electrons. The standard InChI is InChI=1S/C7H13NO3/c1-8(2)4-3-5(9)6(8)7(10)11/h5-6,9H,3-4H2,1-2H3/t5-,6+/m1/s1. The molecule has 1 heterocycles. The molecule has 64 valence electrons. The van der Waals surface area contributed by atoms with E-state index in [1.807, 2.05) is 0 Å². The first kappa shape index (κ1) is 8.49. The number of likely N-dealkylation sites (N-methyl/N-ethyl adjacent to an activating group) is 1. The van der Waals surface area contributed by atoms with Crippen molar-refractivity contribution in [2.45, 2.75) is 18.6 Å². The highest BCUT2D eigenvalue weighted by Gasteiger charge is 2.42. The quantitative estimate of drug-likeness (QED) is 0.448. The Labute approximate surface area is 65.6 Å². The first-order valence-electron chi connectivity index (χ1n) is 3.67. The van der Waals surface area contributed by atoms with Gasteiger partial charge in [0, 0.05) is 6.42 Å². The molecule has 0 aromatic carbocycles. The van der Waals surface area contributed by atoms with Crippen molar-refractivity contribution < 1.29 is 19.5 Å². The van der Waals surface area contributed by atoms with Crippen molar-refractivity contribution in [3.05, 3.63) is 0 Å². The molecule has 0 amide bonds. The van der Waals surface area contributed by atoms with E-state index in [2.05, 4.69) is 0 Å². The number of likely N-dealkylation sites (tertiary alicyclic amines) is 1. The summed E-state index contributed by atoms with van der Waals surface area (Å²) >= 11 is 0. The zero-order valence-corrected chi connectivity index (χ0v) is 6.78. The third kappa shape index (κ3) is 1.36. The second-order valence-electron chi connectivity index (χ2n) is 3.62. The van der Waals surface area contributed by atoms with Crippen LogP contribution < -0.4 is 5.11 Å². The van der Waals surface area contributed by atoms with Crippen LogP contribution in [-0.4, -0.2) is 48.3 Å². The molecule has 0 bridgehead atoms. The van der Waals surface area contributed by atoms with E-state index in [-0.39, 0.29) is 0 Å². The number of quaternary nitrogens is 1. The summed E-state index contributed by atoms with van der Waals surface area (Å²) in [4.78, 5) is 10.5.